The van der Waals surface area contributed by atoms with Gasteiger partial charge in [-0.05, 0) is 53.4 Å². The summed E-state index contributed by atoms with van der Waals surface area (Å²) in [5.41, 5.74) is -0.564. The van der Waals surface area contributed by atoms with Gasteiger partial charge in [0.25, 0.3) is 0 Å². The lowest BCUT2D eigenvalue weighted by Crippen LogP contribution is -2.53. The van der Waals surface area contributed by atoms with Crippen LogP contribution >= 0.6 is 0 Å². The van der Waals surface area contributed by atoms with Crippen molar-refractivity contribution >= 4 is 15.7 Å². The van der Waals surface area contributed by atoms with Crippen molar-refractivity contribution in [2.75, 3.05) is 18.1 Å². The number of alkyl halides is 3. The lowest BCUT2D eigenvalue weighted by atomic mass is 9.83. The Balaban J connectivity index is 1.66. The summed E-state index contributed by atoms with van der Waals surface area (Å²) in [6, 6.07) is 0.475. The molecule has 14 heteroatoms. The number of amides is 1. The molecule has 1 saturated heterocycles. The third-order valence-electron chi connectivity index (χ3n) is 7.88. The molecule has 0 saturated carbocycles. The Morgan fingerprint density at radius 1 is 1.30 bits per heavy atom. The Morgan fingerprint density at radius 3 is 2.55 bits per heavy atom. The molecule has 2 aromatic heterocycles. The summed E-state index contributed by atoms with van der Waals surface area (Å²) in [7, 11) is -3.11. The maximum Gasteiger partial charge on any atom is 0.422 e. The number of hydrogen-bond donors (Lipinski definition) is 2. The van der Waals surface area contributed by atoms with Crippen LogP contribution in [0.25, 0.3) is 11.3 Å². The standard InChI is InChI=1S/C26H34F4N4O5S/c1-15(24(2,3)36)34-20-11-16(23(35)32-25(4)7-9-40(37,38)10-8-25)5-6-17(20)22(33-34)18-12-21(31-13-19(18)27)39-14-26(28,29)30/h12-13,15-16,36H,5-11,14H2,1-4H3,(H,32,35)/t15-,16+/m0/s1. The number of ether oxygens (including phenoxy) is 1. The molecular weight excluding hydrogens is 556 g/mol. The molecule has 0 unspecified atom stereocenters. The number of nitrogens with zero attached hydrogens (tertiary/aromatic N) is 3. The summed E-state index contributed by atoms with van der Waals surface area (Å²) in [5.74, 6) is -1.91. The van der Waals surface area contributed by atoms with Crippen molar-refractivity contribution in [1.82, 2.24) is 20.1 Å². The SMILES string of the molecule is C[C@H](n1nc(-c2cc(OCC(F)(F)F)ncc2F)c2c1C[C@H](C(=O)NC1(C)CCS(=O)(=O)CC1)CC2)C(C)(C)O. The number of rotatable bonds is 7. The Labute approximate surface area is 230 Å². The molecule has 1 amide bonds. The van der Waals surface area contributed by atoms with E-state index in [1.54, 1.807) is 25.5 Å². The van der Waals surface area contributed by atoms with Gasteiger partial charge < -0.3 is 15.2 Å². The Hall–Kier alpha value is -2.74. The van der Waals surface area contributed by atoms with Gasteiger partial charge in [0.05, 0.1) is 35.0 Å². The molecule has 2 aliphatic rings. The summed E-state index contributed by atoms with van der Waals surface area (Å²) >= 11 is 0. The summed E-state index contributed by atoms with van der Waals surface area (Å²) in [6.07, 6.45) is -2.24. The number of fused-ring (bicyclic) bond motifs is 1. The average Bonchev–Trinajstić information content (AvgIpc) is 3.22. The van der Waals surface area contributed by atoms with Crippen LogP contribution in [0.4, 0.5) is 17.6 Å². The second-order valence-electron chi connectivity index (χ2n) is 11.6. The third-order valence-corrected chi connectivity index (χ3v) is 9.54. The van der Waals surface area contributed by atoms with Crippen LogP contribution in [0.3, 0.4) is 0 Å². The number of hydrogen-bond acceptors (Lipinski definition) is 7. The first-order valence-electron chi connectivity index (χ1n) is 13.1. The molecule has 4 rings (SSSR count). The van der Waals surface area contributed by atoms with Crippen LogP contribution in [-0.2, 0) is 27.5 Å². The molecule has 0 aromatic carbocycles. The normalized spacial score (nSPS) is 21.4. The van der Waals surface area contributed by atoms with Crippen LogP contribution in [0.1, 0.15) is 64.3 Å². The molecule has 2 N–H and O–H groups in total. The quantitative estimate of drug-likeness (QED) is 0.473. The molecule has 1 aliphatic heterocycles. The Morgan fingerprint density at radius 2 is 1.95 bits per heavy atom. The van der Waals surface area contributed by atoms with Gasteiger partial charge in [0.1, 0.15) is 9.84 Å². The van der Waals surface area contributed by atoms with E-state index in [2.05, 4.69) is 15.4 Å². The number of pyridine rings is 1. The number of carbonyl (C=O) groups excluding carboxylic acids is 1. The van der Waals surface area contributed by atoms with E-state index in [1.165, 1.54) is 0 Å². The molecular formula is C26H34F4N4O5S. The maximum atomic E-state index is 15.0. The van der Waals surface area contributed by atoms with Gasteiger partial charge in [0.15, 0.2) is 12.4 Å². The van der Waals surface area contributed by atoms with Gasteiger partial charge in [-0.1, -0.05) is 0 Å². The van der Waals surface area contributed by atoms with E-state index in [4.69, 9.17) is 4.74 Å². The molecule has 2 atom stereocenters. The summed E-state index contributed by atoms with van der Waals surface area (Å²) in [5, 5.41) is 18.4. The highest BCUT2D eigenvalue weighted by atomic mass is 32.2. The highest BCUT2D eigenvalue weighted by molar-refractivity contribution is 7.91. The molecule has 3 heterocycles. The third kappa shape index (κ3) is 6.76. The van der Waals surface area contributed by atoms with Crippen molar-refractivity contribution in [3.05, 3.63) is 29.3 Å². The first-order chi connectivity index (χ1) is 18.4. The van der Waals surface area contributed by atoms with E-state index < -0.39 is 57.4 Å². The molecule has 2 aromatic rings. The average molecular weight is 591 g/mol. The molecule has 0 spiro atoms. The highest BCUT2D eigenvalue weighted by Crippen LogP contribution is 2.38. The highest BCUT2D eigenvalue weighted by Gasteiger charge is 2.39. The minimum atomic E-state index is -4.60. The molecule has 0 radical (unpaired) electrons. The molecule has 0 bridgehead atoms. The second kappa shape index (κ2) is 10.6. The molecule has 1 aliphatic carbocycles. The lowest BCUT2D eigenvalue weighted by Gasteiger charge is -2.36. The number of aromatic nitrogens is 3. The van der Waals surface area contributed by atoms with Crippen molar-refractivity contribution in [2.45, 2.75) is 83.2 Å². The van der Waals surface area contributed by atoms with E-state index in [1.807, 2.05) is 6.92 Å². The van der Waals surface area contributed by atoms with Gasteiger partial charge in [-0.2, -0.15) is 18.3 Å². The minimum absolute atomic E-state index is 0.00396. The summed E-state index contributed by atoms with van der Waals surface area (Å²) < 4.78 is 82.9. The second-order valence-corrected chi connectivity index (χ2v) is 13.9. The Kier molecular flexibility index (Phi) is 8.00. The summed E-state index contributed by atoms with van der Waals surface area (Å²) in [6.45, 7) is 5.15. The Bertz CT molecular complexity index is 1370. The molecule has 222 valence electrons. The van der Waals surface area contributed by atoms with Gasteiger partial charge in [-0.3, -0.25) is 9.48 Å². The maximum absolute atomic E-state index is 15.0. The smallest absolute Gasteiger partial charge is 0.422 e. The van der Waals surface area contributed by atoms with E-state index in [9.17, 15) is 35.9 Å². The zero-order valence-electron chi connectivity index (χ0n) is 22.8. The predicted octanol–water partition coefficient (Wildman–Crippen LogP) is 3.55. The van der Waals surface area contributed by atoms with Gasteiger partial charge in [-0.25, -0.2) is 17.8 Å². The summed E-state index contributed by atoms with van der Waals surface area (Å²) in [4.78, 5) is 16.9. The first kappa shape index (κ1) is 30.2. The van der Waals surface area contributed by atoms with Gasteiger partial charge in [0, 0.05) is 40.8 Å². The number of sulfone groups is 1. The number of nitrogens with one attached hydrogen (secondary N) is 1. The number of halogens is 4. The van der Waals surface area contributed by atoms with Crippen molar-refractivity contribution in [3.8, 4) is 17.1 Å². The van der Waals surface area contributed by atoms with Crippen LogP contribution in [0.5, 0.6) is 5.88 Å². The number of carbonyl (C=O) groups is 1. The van der Waals surface area contributed by atoms with Crippen LogP contribution in [0.15, 0.2) is 12.3 Å². The van der Waals surface area contributed by atoms with Crippen LogP contribution < -0.4 is 10.1 Å². The van der Waals surface area contributed by atoms with Crippen LogP contribution in [0.2, 0.25) is 0 Å². The van der Waals surface area contributed by atoms with Gasteiger partial charge in [-0.15, -0.1) is 0 Å². The van der Waals surface area contributed by atoms with Crippen molar-refractivity contribution in [3.63, 3.8) is 0 Å². The number of aliphatic hydroxyl groups is 1. The van der Waals surface area contributed by atoms with E-state index in [-0.39, 0.29) is 35.1 Å². The fourth-order valence-corrected chi connectivity index (χ4v) is 6.77. The van der Waals surface area contributed by atoms with Gasteiger partial charge >= 0.3 is 6.18 Å². The predicted molar refractivity (Wildman–Crippen MR) is 138 cm³/mol. The van der Waals surface area contributed by atoms with Crippen molar-refractivity contribution in [2.24, 2.45) is 5.92 Å². The van der Waals surface area contributed by atoms with Crippen LogP contribution in [-0.4, -0.2) is 69.6 Å². The van der Waals surface area contributed by atoms with E-state index >= 15 is 0 Å². The monoisotopic (exact) mass is 590 g/mol. The first-order valence-corrected chi connectivity index (χ1v) is 14.9. The largest absolute Gasteiger partial charge is 0.468 e. The fourth-order valence-electron chi connectivity index (χ4n) is 5.05. The van der Waals surface area contributed by atoms with E-state index in [0.717, 1.165) is 12.3 Å². The van der Waals surface area contributed by atoms with E-state index in [0.29, 0.717) is 36.9 Å². The molecule has 9 nitrogen and oxygen atoms in total. The van der Waals surface area contributed by atoms with Gasteiger partial charge in [0.2, 0.25) is 11.8 Å². The zero-order valence-corrected chi connectivity index (χ0v) is 23.6. The topological polar surface area (TPSA) is 123 Å². The minimum Gasteiger partial charge on any atom is -0.468 e. The molecule has 1 fully saturated rings. The van der Waals surface area contributed by atoms with Crippen LogP contribution in [0, 0.1) is 11.7 Å². The van der Waals surface area contributed by atoms with Crippen molar-refractivity contribution < 1.29 is 40.6 Å². The lowest BCUT2D eigenvalue weighted by molar-refractivity contribution is -0.154. The molecule has 40 heavy (non-hydrogen) atoms. The fraction of sp³-hybridized carbons (Fsp3) is 0.654. The zero-order chi connectivity index (χ0) is 29.7. The van der Waals surface area contributed by atoms with Crippen molar-refractivity contribution in [1.29, 1.82) is 0 Å².